The second-order valence-electron chi connectivity index (χ2n) is 7.81. The third-order valence-corrected chi connectivity index (χ3v) is 5.74. The van der Waals surface area contributed by atoms with Gasteiger partial charge >= 0.3 is 0 Å². The van der Waals surface area contributed by atoms with Crippen LogP contribution < -0.4 is 10.9 Å². The average molecular weight is 365 g/mol. The Morgan fingerprint density at radius 2 is 1.93 bits per heavy atom. The van der Waals surface area contributed by atoms with Crippen LogP contribution in [0, 0.1) is 0 Å². The Morgan fingerprint density at radius 1 is 1.19 bits per heavy atom. The number of fused-ring (bicyclic) bond motifs is 1. The van der Waals surface area contributed by atoms with Crippen LogP contribution in [-0.2, 0) is 6.54 Å². The fourth-order valence-electron chi connectivity index (χ4n) is 3.92. The van der Waals surface area contributed by atoms with Crippen LogP contribution in [0.3, 0.4) is 0 Å². The lowest BCUT2D eigenvalue weighted by atomic mass is 9.92. The van der Waals surface area contributed by atoms with Gasteiger partial charge in [0.05, 0.1) is 24.0 Å². The van der Waals surface area contributed by atoms with Gasteiger partial charge in [-0.1, -0.05) is 12.1 Å². The molecule has 27 heavy (non-hydrogen) atoms. The molecule has 0 amide bonds. The summed E-state index contributed by atoms with van der Waals surface area (Å²) < 4.78 is 3.22. The molecule has 2 aliphatic rings. The molecule has 0 atom stereocenters. The van der Waals surface area contributed by atoms with Crippen molar-refractivity contribution >= 4 is 11.0 Å². The number of hydrogen-bond acceptors (Lipinski definition) is 5. The smallest absolute Gasteiger partial charge is 0.264 e. The quantitative estimate of drug-likeness (QED) is 0.733. The molecule has 5 rings (SSSR count). The van der Waals surface area contributed by atoms with Crippen LogP contribution in [0.1, 0.15) is 37.2 Å². The fraction of sp³-hybridized carbons (Fsp3) is 0.450. The maximum atomic E-state index is 12.9. The van der Waals surface area contributed by atoms with Gasteiger partial charge in [-0.15, -0.1) is 0 Å². The summed E-state index contributed by atoms with van der Waals surface area (Å²) in [6.07, 6.45) is 6.90. The Bertz CT molecular complexity index is 1030. The molecule has 0 spiro atoms. The third kappa shape index (κ3) is 3.07. The van der Waals surface area contributed by atoms with E-state index in [0.29, 0.717) is 29.8 Å². The van der Waals surface area contributed by atoms with Gasteiger partial charge < -0.3 is 10.4 Å². The first-order valence-electron chi connectivity index (χ1n) is 9.60. The Labute approximate surface area is 156 Å². The Morgan fingerprint density at radius 3 is 2.63 bits per heavy atom. The van der Waals surface area contributed by atoms with E-state index in [-0.39, 0.29) is 12.1 Å². The van der Waals surface area contributed by atoms with E-state index >= 15 is 0 Å². The predicted molar refractivity (Wildman–Crippen MR) is 102 cm³/mol. The Balaban J connectivity index is 1.48. The van der Waals surface area contributed by atoms with E-state index in [4.69, 9.17) is 0 Å². The van der Waals surface area contributed by atoms with Gasteiger partial charge in [0, 0.05) is 0 Å². The molecule has 1 aliphatic carbocycles. The van der Waals surface area contributed by atoms with E-state index in [1.54, 1.807) is 10.9 Å². The minimum Gasteiger partial charge on any atom is -0.388 e. The van der Waals surface area contributed by atoms with Gasteiger partial charge in [0.25, 0.3) is 5.56 Å². The van der Waals surface area contributed by atoms with Crippen LogP contribution >= 0.6 is 0 Å². The largest absolute Gasteiger partial charge is 0.388 e. The number of rotatable bonds is 4. The fourth-order valence-corrected chi connectivity index (χ4v) is 3.92. The lowest BCUT2D eigenvalue weighted by Crippen LogP contribution is -2.46. The average Bonchev–Trinajstić information content (AvgIpc) is 3.44. The van der Waals surface area contributed by atoms with Crippen molar-refractivity contribution in [2.24, 2.45) is 0 Å². The zero-order chi connectivity index (χ0) is 18.4. The molecule has 7 heteroatoms. The topological polar surface area (TPSA) is 85.0 Å². The van der Waals surface area contributed by atoms with Gasteiger partial charge in [0.1, 0.15) is 11.7 Å². The van der Waals surface area contributed by atoms with E-state index in [9.17, 15) is 9.90 Å². The van der Waals surface area contributed by atoms with E-state index in [1.165, 1.54) is 29.3 Å². The number of piperidine rings is 1. The maximum absolute atomic E-state index is 12.9. The summed E-state index contributed by atoms with van der Waals surface area (Å²) in [5.74, 6) is 0.708. The molecular formula is C20H23N5O2. The molecule has 1 aromatic carbocycles. The highest BCUT2D eigenvalue weighted by Gasteiger charge is 2.30. The normalized spacial score (nSPS) is 19.4. The molecule has 3 aromatic rings. The van der Waals surface area contributed by atoms with Crippen LogP contribution in [0.15, 0.2) is 41.6 Å². The highest BCUT2D eigenvalue weighted by molar-refractivity contribution is 5.74. The molecule has 0 unspecified atom stereocenters. The van der Waals surface area contributed by atoms with E-state index in [0.717, 1.165) is 18.8 Å². The van der Waals surface area contributed by atoms with Crippen molar-refractivity contribution in [1.82, 2.24) is 24.6 Å². The highest BCUT2D eigenvalue weighted by atomic mass is 16.3. The van der Waals surface area contributed by atoms with Crippen molar-refractivity contribution in [2.45, 2.75) is 43.7 Å². The monoisotopic (exact) mass is 365 g/mol. The molecule has 2 aromatic heterocycles. The number of nitrogens with one attached hydrogen (secondary N) is 1. The number of nitrogens with zero attached hydrogens (tertiary/aromatic N) is 4. The second-order valence-corrected chi connectivity index (χ2v) is 7.81. The summed E-state index contributed by atoms with van der Waals surface area (Å²) in [7, 11) is 0. The molecule has 140 valence electrons. The van der Waals surface area contributed by atoms with Gasteiger partial charge in [-0.2, -0.15) is 5.10 Å². The van der Waals surface area contributed by atoms with Gasteiger partial charge in [-0.3, -0.25) is 9.36 Å². The van der Waals surface area contributed by atoms with Crippen LogP contribution in [0.2, 0.25) is 0 Å². The summed E-state index contributed by atoms with van der Waals surface area (Å²) in [4.78, 5) is 17.4. The standard InChI is InChI=1S/C20H23N5O2/c26-19-17-11-23-25(16-5-3-15(4-6-16)14-1-2-14)18(17)22-13-24(19)12-20(27)7-9-21-10-8-20/h3-6,11,13-14,21,27H,1-2,7-10,12H2. The van der Waals surface area contributed by atoms with Gasteiger partial charge in [0.2, 0.25) is 0 Å². The lowest BCUT2D eigenvalue weighted by molar-refractivity contribution is -0.00627. The van der Waals surface area contributed by atoms with Crippen LogP contribution in [0.4, 0.5) is 0 Å². The van der Waals surface area contributed by atoms with Gasteiger partial charge in [-0.25, -0.2) is 9.67 Å². The molecule has 1 aliphatic heterocycles. The number of aromatic nitrogens is 4. The number of aliphatic hydroxyl groups is 1. The molecule has 1 saturated carbocycles. The molecule has 0 radical (unpaired) electrons. The Hall–Kier alpha value is -2.51. The maximum Gasteiger partial charge on any atom is 0.264 e. The van der Waals surface area contributed by atoms with Crippen molar-refractivity contribution in [3.8, 4) is 5.69 Å². The minimum atomic E-state index is -0.862. The highest BCUT2D eigenvalue weighted by Crippen LogP contribution is 2.40. The zero-order valence-electron chi connectivity index (χ0n) is 15.1. The number of hydrogen-bond donors (Lipinski definition) is 2. The predicted octanol–water partition coefficient (Wildman–Crippen LogP) is 1.57. The van der Waals surface area contributed by atoms with Gasteiger partial charge in [-0.05, 0) is 62.4 Å². The van der Waals surface area contributed by atoms with Crippen molar-refractivity contribution in [3.05, 3.63) is 52.7 Å². The van der Waals surface area contributed by atoms with Crippen molar-refractivity contribution < 1.29 is 5.11 Å². The van der Waals surface area contributed by atoms with Crippen molar-refractivity contribution in [1.29, 1.82) is 0 Å². The van der Waals surface area contributed by atoms with Crippen LogP contribution in [-0.4, -0.2) is 43.1 Å². The SMILES string of the molecule is O=c1c2cnn(-c3ccc(C4CC4)cc3)c2ncn1CC1(O)CCNCC1. The summed E-state index contributed by atoms with van der Waals surface area (Å²) in [6, 6.07) is 8.33. The van der Waals surface area contributed by atoms with Crippen LogP contribution in [0.25, 0.3) is 16.7 Å². The third-order valence-electron chi connectivity index (χ3n) is 5.74. The second kappa shape index (κ2) is 6.28. The van der Waals surface area contributed by atoms with E-state index < -0.39 is 5.60 Å². The van der Waals surface area contributed by atoms with E-state index in [1.807, 2.05) is 12.1 Å². The first kappa shape index (κ1) is 16.6. The molecular weight excluding hydrogens is 342 g/mol. The van der Waals surface area contributed by atoms with Crippen molar-refractivity contribution in [2.75, 3.05) is 13.1 Å². The number of benzene rings is 1. The summed E-state index contributed by atoms with van der Waals surface area (Å²) in [6.45, 7) is 1.78. The molecule has 1 saturated heterocycles. The first-order chi connectivity index (χ1) is 13.1. The minimum absolute atomic E-state index is 0.159. The van der Waals surface area contributed by atoms with Crippen molar-refractivity contribution in [3.63, 3.8) is 0 Å². The summed E-state index contributed by atoms with van der Waals surface area (Å²) in [5.41, 5.74) is 1.79. The molecule has 0 bridgehead atoms. The van der Waals surface area contributed by atoms with Crippen LogP contribution in [0.5, 0.6) is 0 Å². The Kier molecular flexibility index (Phi) is 3.87. The van der Waals surface area contributed by atoms with Gasteiger partial charge in [0.15, 0.2) is 5.65 Å². The van der Waals surface area contributed by atoms with E-state index in [2.05, 4.69) is 27.5 Å². The zero-order valence-corrected chi connectivity index (χ0v) is 15.1. The molecule has 2 N–H and O–H groups in total. The lowest BCUT2D eigenvalue weighted by Gasteiger charge is -2.32. The first-order valence-corrected chi connectivity index (χ1v) is 9.60. The molecule has 7 nitrogen and oxygen atoms in total. The summed E-state index contributed by atoms with van der Waals surface area (Å²) in [5, 5.41) is 18.8. The molecule has 3 heterocycles. The molecule has 2 fully saturated rings. The summed E-state index contributed by atoms with van der Waals surface area (Å²) >= 11 is 0.